The highest BCUT2D eigenvalue weighted by atomic mass is 79.9. The molecule has 1 fully saturated rings. The lowest BCUT2D eigenvalue weighted by Gasteiger charge is -2.38. The van der Waals surface area contributed by atoms with Gasteiger partial charge in [-0.25, -0.2) is 0 Å². The molecule has 3 rings (SSSR count). The maximum absolute atomic E-state index is 3.75. The minimum atomic E-state index is 0.419. The Labute approximate surface area is 135 Å². The molecule has 0 radical (unpaired) electrons. The molecule has 1 saturated carbocycles. The Balaban J connectivity index is 1.52. The average Bonchev–Trinajstić information content (AvgIpc) is 2.44. The number of nitrogens with one attached hydrogen (secondary N) is 1. The first-order valence-corrected chi connectivity index (χ1v) is 8.49. The quantitative estimate of drug-likeness (QED) is 0.788. The predicted molar refractivity (Wildman–Crippen MR) is 92.6 cm³/mol. The summed E-state index contributed by atoms with van der Waals surface area (Å²) >= 11 is 3.49. The van der Waals surface area contributed by atoms with Crippen LogP contribution in [0.5, 0.6) is 0 Å². The maximum Gasteiger partial charge on any atom is 0.0294 e. The first-order valence-electron chi connectivity index (χ1n) is 7.70. The van der Waals surface area contributed by atoms with E-state index in [0.29, 0.717) is 12.1 Å². The summed E-state index contributed by atoms with van der Waals surface area (Å²) < 4.78 is 1.14. The molecule has 1 nitrogen and oxygen atoms in total. The van der Waals surface area contributed by atoms with E-state index in [9.17, 15) is 0 Å². The van der Waals surface area contributed by atoms with Crippen LogP contribution in [0.15, 0.2) is 53.0 Å². The monoisotopic (exact) mass is 343 g/mol. The van der Waals surface area contributed by atoms with Crippen LogP contribution in [0.3, 0.4) is 0 Å². The molecule has 110 valence electrons. The smallest absolute Gasteiger partial charge is 0.0294 e. The molecule has 1 N–H and O–H groups in total. The average molecular weight is 344 g/mol. The Morgan fingerprint density at radius 3 is 2.24 bits per heavy atom. The molecule has 2 heteroatoms. The van der Waals surface area contributed by atoms with Crippen LogP contribution in [0, 0.1) is 6.92 Å². The van der Waals surface area contributed by atoms with Crippen molar-refractivity contribution in [1.82, 2.24) is 5.32 Å². The Hall–Kier alpha value is -1.12. The summed E-state index contributed by atoms with van der Waals surface area (Å²) in [7, 11) is 0. The van der Waals surface area contributed by atoms with Gasteiger partial charge >= 0.3 is 0 Å². The second kappa shape index (κ2) is 6.33. The number of hydrogen-bond donors (Lipinski definition) is 1. The number of hydrogen-bond acceptors (Lipinski definition) is 1. The first kappa shape index (κ1) is 14.8. The van der Waals surface area contributed by atoms with Gasteiger partial charge in [0.15, 0.2) is 0 Å². The van der Waals surface area contributed by atoms with E-state index in [4.69, 9.17) is 0 Å². The van der Waals surface area contributed by atoms with Crippen molar-refractivity contribution in [2.24, 2.45) is 0 Å². The molecule has 0 amide bonds. The van der Waals surface area contributed by atoms with Crippen molar-refractivity contribution in [3.63, 3.8) is 0 Å². The van der Waals surface area contributed by atoms with Crippen LogP contribution in [-0.2, 0) is 0 Å². The van der Waals surface area contributed by atoms with E-state index < -0.39 is 0 Å². The van der Waals surface area contributed by atoms with Gasteiger partial charge in [-0.3, -0.25) is 0 Å². The lowest BCUT2D eigenvalue weighted by molar-refractivity contribution is 0.271. The lowest BCUT2D eigenvalue weighted by Crippen LogP contribution is -2.41. The van der Waals surface area contributed by atoms with Crippen LogP contribution in [-0.4, -0.2) is 6.04 Å². The fourth-order valence-corrected chi connectivity index (χ4v) is 3.33. The normalized spacial score (nSPS) is 22.6. The van der Waals surface area contributed by atoms with Crippen molar-refractivity contribution >= 4 is 15.9 Å². The van der Waals surface area contributed by atoms with Crippen molar-refractivity contribution in [3.05, 3.63) is 69.7 Å². The third kappa shape index (κ3) is 3.56. The van der Waals surface area contributed by atoms with Gasteiger partial charge in [0.1, 0.15) is 0 Å². The van der Waals surface area contributed by atoms with E-state index in [1.54, 1.807) is 0 Å². The van der Waals surface area contributed by atoms with Crippen molar-refractivity contribution in [3.8, 4) is 0 Å². The van der Waals surface area contributed by atoms with Crippen LogP contribution in [0.2, 0.25) is 0 Å². The van der Waals surface area contributed by atoms with Gasteiger partial charge < -0.3 is 5.32 Å². The van der Waals surface area contributed by atoms with Gasteiger partial charge in [0, 0.05) is 16.6 Å². The summed E-state index contributed by atoms with van der Waals surface area (Å²) in [5.74, 6) is 0.736. The highest BCUT2D eigenvalue weighted by Crippen LogP contribution is 2.38. The molecule has 1 atom stereocenters. The van der Waals surface area contributed by atoms with Gasteiger partial charge in [0.2, 0.25) is 0 Å². The van der Waals surface area contributed by atoms with Crippen LogP contribution < -0.4 is 5.32 Å². The van der Waals surface area contributed by atoms with Gasteiger partial charge in [0.05, 0.1) is 0 Å². The zero-order valence-electron chi connectivity index (χ0n) is 12.6. The Kier molecular flexibility index (Phi) is 4.46. The molecule has 1 unspecified atom stereocenters. The predicted octanol–water partition coefficient (Wildman–Crippen LogP) is 5.35. The van der Waals surface area contributed by atoms with Crippen molar-refractivity contribution in [2.75, 3.05) is 0 Å². The highest BCUT2D eigenvalue weighted by molar-refractivity contribution is 9.10. The molecular formula is C19H22BrN. The van der Waals surface area contributed by atoms with Gasteiger partial charge in [-0.2, -0.15) is 0 Å². The van der Waals surface area contributed by atoms with Crippen LogP contribution in [0.4, 0.5) is 0 Å². The summed E-state index contributed by atoms with van der Waals surface area (Å²) in [5, 5.41) is 3.75. The first-order chi connectivity index (χ1) is 10.1. The summed E-state index contributed by atoms with van der Waals surface area (Å²) in [4.78, 5) is 0. The van der Waals surface area contributed by atoms with Crippen LogP contribution in [0.1, 0.15) is 48.4 Å². The second-order valence-electron chi connectivity index (χ2n) is 6.22. The molecule has 0 aliphatic heterocycles. The van der Waals surface area contributed by atoms with Crippen molar-refractivity contribution in [2.45, 2.75) is 44.7 Å². The van der Waals surface area contributed by atoms with Crippen LogP contribution >= 0.6 is 15.9 Å². The Bertz CT molecular complexity index is 582. The molecule has 2 aromatic rings. The van der Waals surface area contributed by atoms with Crippen molar-refractivity contribution < 1.29 is 0 Å². The van der Waals surface area contributed by atoms with Crippen LogP contribution in [0.25, 0.3) is 0 Å². The van der Waals surface area contributed by atoms with E-state index in [0.717, 1.165) is 10.4 Å². The number of aryl methyl sites for hydroxylation is 1. The van der Waals surface area contributed by atoms with Crippen molar-refractivity contribution in [1.29, 1.82) is 0 Å². The van der Waals surface area contributed by atoms with Gasteiger partial charge in [-0.1, -0.05) is 57.9 Å². The topological polar surface area (TPSA) is 12.0 Å². The molecule has 0 heterocycles. The largest absolute Gasteiger partial charge is 0.307 e. The zero-order valence-corrected chi connectivity index (χ0v) is 14.2. The van der Waals surface area contributed by atoms with E-state index >= 15 is 0 Å². The fraction of sp³-hybridized carbons (Fsp3) is 0.368. The maximum atomic E-state index is 3.75. The lowest BCUT2D eigenvalue weighted by atomic mass is 9.75. The number of rotatable bonds is 4. The highest BCUT2D eigenvalue weighted by Gasteiger charge is 2.30. The molecule has 0 spiro atoms. The van der Waals surface area contributed by atoms with E-state index in [-0.39, 0.29) is 0 Å². The van der Waals surface area contributed by atoms with Gasteiger partial charge in [-0.05, 0) is 55.9 Å². The third-order valence-electron chi connectivity index (χ3n) is 4.54. The summed E-state index contributed by atoms with van der Waals surface area (Å²) in [6.07, 6.45) is 2.51. The standard InChI is InChI=1S/C19H22BrN/c1-13-3-5-16(6-4-13)17-11-19(12-17)21-14(2)15-7-9-18(20)10-8-15/h3-10,14,17,19,21H,11-12H2,1-2H3. The Morgan fingerprint density at radius 1 is 1.00 bits per heavy atom. The molecule has 0 bridgehead atoms. The molecule has 2 aromatic carbocycles. The molecule has 21 heavy (non-hydrogen) atoms. The SMILES string of the molecule is Cc1ccc(C2CC(NC(C)c3ccc(Br)cc3)C2)cc1. The fourth-order valence-electron chi connectivity index (χ4n) is 3.07. The Morgan fingerprint density at radius 2 is 1.62 bits per heavy atom. The molecule has 1 aliphatic carbocycles. The third-order valence-corrected chi connectivity index (χ3v) is 5.07. The minimum Gasteiger partial charge on any atom is -0.307 e. The second-order valence-corrected chi connectivity index (χ2v) is 7.13. The zero-order chi connectivity index (χ0) is 14.8. The summed E-state index contributed by atoms with van der Waals surface area (Å²) in [6.45, 7) is 4.40. The number of benzene rings is 2. The summed E-state index contributed by atoms with van der Waals surface area (Å²) in [5.41, 5.74) is 4.20. The number of halogens is 1. The molecule has 0 saturated heterocycles. The van der Waals surface area contributed by atoms with E-state index in [1.165, 1.54) is 29.5 Å². The minimum absolute atomic E-state index is 0.419. The summed E-state index contributed by atoms with van der Waals surface area (Å²) in [6, 6.07) is 18.7. The molecule has 0 aromatic heterocycles. The van der Waals surface area contributed by atoms with E-state index in [1.807, 2.05) is 0 Å². The van der Waals surface area contributed by atoms with Gasteiger partial charge in [-0.15, -0.1) is 0 Å². The van der Waals surface area contributed by atoms with Gasteiger partial charge in [0.25, 0.3) is 0 Å². The molecular weight excluding hydrogens is 322 g/mol. The van der Waals surface area contributed by atoms with E-state index in [2.05, 4.69) is 83.6 Å². The molecule has 1 aliphatic rings.